The number of nitrogens with one attached hydrogen (secondary N) is 2. The third-order valence-corrected chi connectivity index (χ3v) is 2.94. The lowest BCUT2D eigenvalue weighted by molar-refractivity contribution is -0.173. The van der Waals surface area contributed by atoms with Crippen LogP contribution in [0.4, 0.5) is 13.2 Å². The SMILES string of the molecule is O=C(CCc1ccccc1Cl)NCCNC(=O)C(F)(F)F. The van der Waals surface area contributed by atoms with Crippen LogP contribution in [-0.2, 0) is 16.0 Å². The molecule has 0 heterocycles. The number of benzene rings is 1. The van der Waals surface area contributed by atoms with E-state index in [0.29, 0.717) is 11.4 Å². The Morgan fingerprint density at radius 1 is 1.10 bits per heavy atom. The summed E-state index contributed by atoms with van der Waals surface area (Å²) in [4.78, 5) is 22.0. The van der Waals surface area contributed by atoms with Crippen molar-refractivity contribution in [2.75, 3.05) is 13.1 Å². The van der Waals surface area contributed by atoms with Gasteiger partial charge < -0.3 is 10.6 Å². The topological polar surface area (TPSA) is 58.2 Å². The number of hydrogen-bond donors (Lipinski definition) is 2. The number of carbonyl (C=O) groups is 2. The Labute approximate surface area is 124 Å². The minimum Gasteiger partial charge on any atom is -0.354 e. The Hall–Kier alpha value is -1.76. The number of halogens is 4. The van der Waals surface area contributed by atoms with E-state index in [1.54, 1.807) is 29.6 Å². The van der Waals surface area contributed by atoms with Crippen LogP contribution in [0.3, 0.4) is 0 Å². The zero-order chi connectivity index (χ0) is 15.9. The van der Waals surface area contributed by atoms with Gasteiger partial charge in [-0.05, 0) is 18.1 Å². The summed E-state index contributed by atoms with van der Waals surface area (Å²) in [5.74, 6) is -2.34. The van der Waals surface area contributed by atoms with E-state index >= 15 is 0 Å². The molecule has 0 bridgehead atoms. The molecule has 0 aromatic heterocycles. The van der Waals surface area contributed by atoms with Gasteiger partial charge in [-0.15, -0.1) is 0 Å². The summed E-state index contributed by atoms with van der Waals surface area (Å²) in [7, 11) is 0. The first-order chi connectivity index (χ1) is 9.80. The molecule has 0 radical (unpaired) electrons. The van der Waals surface area contributed by atoms with Crippen LogP contribution in [0.2, 0.25) is 5.02 Å². The van der Waals surface area contributed by atoms with E-state index in [1.165, 1.54) is 0 Å². The maximum atomic E-state index is 11.9. The molecular formula is C13H14ClF3N2O2. The van der Waals surface area contributed by atoms with Crippen LogP contribution < -0.4 is 10.6 Å². The molecule has 1 rings (SSSR count). The molecule has 1 aromatic carbocycles. The van der Waals surface area contributed by atoms with E-state index in [9.17, 15) is 22.8 Å². The molecule has 0 spiro atoms. The van der Waals surface area contributed by atoms with Gasteiger partial charge in [0, 0.05) is 24.5 Å². The van der Waals surface area contributed by atoms with Gasteiger partial charge in [-0.25, -0.2) is 0 Å². The predicted octanol–water partition coefficient (Wildman–Crippen LogP) is 2.07. The molecule has 0 aliphatic carbocycles. The van der Waals surface area contributed by atoms with Gasteiger partial charge in [0.15, 0.2) is 0 Å². The third-order valence-electron chi connectivity index (χ3n) is 2.57. The van der Waals surface area contributed by atoms with Crippen molar-refractivity contribution in [3.05, 3.63) is 34.9 Å². The van der Waals surface area contributed by atoms with Crippen LogP contribution >= 0.6 is 11.6 Å². The summed E-state index contributed by atoms with van der Waals surface area (Å²) in [5, 5.41) is 4.63. The van der Waals surface area contributed by atoms with Crippen molar-refractivity contribution in [1.82, 2.24) is 10.6 Å². The van der Waals surface area contributed by atoms with E-state index in [4.69, 9.17) is 11.6 Å². The summed E-state index contributed by atoms with van der Waals surface area (Å²) in [6.07, 6.45) is -4.31. The number of rotatable bonds is 6. The van der Waals surface area contributed by atoms with Gasteiger partial charge in [-0.3, -0.25) is 9.59 Å². The van der Waals surface area contributed by atoms with Crippen LogP contribution in [0.1, 0.15) is 12.0 Å². The first-order valence-electron chi connectivity index (χ1n) is 6.16. The molecule has 0 saturated carbocycles. The molecular weight excluding hydrogens is 309 g/mol. The number of amides is 2. The molecule has 8 heteroatoms. The molecule has 0 aliphatic rings. The normalized spacial score (nSPS) is 11.0. The number of carbonyl (C=O) groups excluding carboxylic acids is 2. The standard InChI is InChI=1S/C13H14ClF3N2O2/c14-10-4-2-1-3-9(10)5-6-11(20)18-7-8-19-12(21)13(15,16)17/h1-4H,5-8H2,(H,18,20)(H,19,21). The molecule has 1 aromatic rings. The highest BCUT2D eigenvalue weighted by atomic mass is 35.5. The Kier molecular flexibility index (Phi) is 6.48. The van der Waals surface area contributed by atoms with E-state index in [1.807, 2.05) is 0 Å². The molecule has 0 unspecified atom stereocenters. The summed E-state index contributed by atoms with van der Waals surface area (Å²) in [6, 6.07) is 7.07. The first kappa shape index (κ1) is 17.3. The Balaban J connectivity index is 2.21. The maximum Gasteiger partial charge on any atom is 0.471 e. The molecule has 2 N–H and O–H groups in total. The largest absolute Gasteiger partial charge is 0.471 e. The number of hydrogen-bond acceptors (Lipinski definition) is 2. The van der Waals surface area contributed by atoms with Crippen LogP contribution in [0.5, 0.6) is 0 Å². The summed E-state index contributed by atoms with van der Waals surface area (Å²) in [6.45, 7) is -0.348. The molecule has 4 nitrogen and oxygen atoms in total. The minimum absolute atomic E-state index is 0.0663. The Morgan fingerprint density at radius 2 is 1.71 bits per heavy atom. The molecule has 0 fully saturated rings. The highest BCUT2D eigenvalue weighted by Gasteiger charge is 2.38. The zero-order valence-electron chi connectivity index (χ0n) is 11.0. The predicted molar refractivity (Wildman–Crippen MR) is 71.8 cm³/mol. The zero-order valence-corrected chi connectivity index (χ0v) is 11.7. The monoisotopic (exact) mass is 322 g/mol. The van der Waals surface area contributed by atoms with Gasteiger partial charge in [-0.1, -0.05) is 29.8 Å². The second-order valence-electron chi connectivity index (χ2n) is 4.20. The lowest BCUT2D eigenvalue weighted by atomic mass is 10.1. The van der Waals surface area contributed by atoms with E-state index in [2.05, 4.69) is 5.32 Å². The van der Waals surface area contributed by atoms with E-state index in [-0.39, 0.29) is 25.4 Å². The fourth-order valence-corrected chi connectivity index (χ4v) is 1.75. The van der Waals surface area contributed by atoms with Crippen LogP contribution in [0.25, 0.3) is 0 Å². The molecule has 116 valence electrons. The minimum atomic E-state index is -4.91. The van der Waals surface area contributed by atoms with Crippen molar-refractivity contribution in [2.45, 2.75) is 19.0 Å². The van der Waals surface area contributed by atoms with Crippen LogP contribution in [0, 0.1) is 0 Å². The fourth-order valence-electron chi connectivity index (χ4n) is 1.52. The van der Waals surface area contributed by atoms with Crippen molar-refractivity contribution >= 4 is 23.4 Å². The number of alkyl halides is 3. The average molecular weight is 323 g/mol. The van der Waals surface area contributed by atoms with Crippen LogP contribution in [-0.4, -0.2) is 31.1 Å². The quantitative estimate of drug-likeness (QED) is 0.788. The van der Waals surface area contributed by atoms with Gasteiger partial charge in [0.2, 0.25) is 5.91 Å². The molecule has 2 amide bonds. The van der Waals surface area contributed by atoms with E-state index < -0.39 is 12.1 Å². The van der Waals surface area contributed by atoms with Gasteiger partial charge in [0.05, 0.1) is 0 Å². The maximum absolute atomic E-state index is 11.9. The second-order valence-corrected chi connectivity index (χ2v) is 4.60. The van der Waals surface area contributed by atoms with Crippen molar-refractivity contribution in [2.24, 2.45) is 0 Å². The molecule has 0 atom stereocenters. The lowest BCUT2D eigenvalue weighted by Crippen LogP contribution is -2.41. The molecule has 0 saturated heterocycles. The fraction of sp³-hybridized carbons (Fsp3) is 0.385. The number of aryl methyl sites for hydroxylation is 1. The van der Waals surface area contributed by atoms with Gasteiger partial charge >= 0.3 is 12.1 Å². The van der Waals surface area contributed by atoms with Crippen molar-refractivity contribution in [1.29, 1.82) is 0 Å². The average Bonchev–Trinajstić information content (AvgIpc) is 2.41. The Morgan fingerprint density at radius 3 is 2.33 bits per heavy atom. The van der Waals surface area contributed by atoms with Crippen LogP contribution in [0.15, 0.2) is 24.3 Å². The highest BCUT2D eigenvalue weighted by Crippen LogP contribution is 2.16. The highest BCUT2D eigenvalue weighted by molar-refractivity contribution is 6.31. The van der Waals surface area contributed by atoms with Crippen molar-refractivity contribution < 1.29 is 22.8 Å². The lowest BCUT2D eigenvalue weighted by Gasteiger charge is -2.09. The second kappa shape index (κ2) is 7.87. The Bertz CT molecular complexity index is 506. The summed E-state index contributed by atoms with van der Waals surface area (Å²) in [5.41, 5.74) is 0.819. The van der Waals surface area contributed by atoms with E-state index in [0.717, 1.165) is 5.56 Å². The molecule has 21 heavy (non-hydrogen) atoms. The summed E-state index contributed by atoms with van der Waals surface area (Å²) >= 11 is 5.93. The first-order valence-corrected chi connectivity index (χ1v) is 6.53. The molecule has 0 aliphatic heterocycles. The van der Waals surface area contributed by atoms with Crippen molar-refractivity contribution in [3.8, 4) is 0 Å². The smallest absolute Gasteiger partial charge is 0.354 e. The van der Waals surface area contributed by atoms with Crippen molar-refractivity contribution in [3.63, 3.8) is 0 Å². The summed E-state index contributed by atoms with van der Waals surface area (Å²) < 4.78 is 35.6. The van der Waals surface area contributed by atoms with Gasteiger partial charge in [-0.2, -0.15) is 13.2 Å². The third kappa shape index (κ3) is 6.48. The van der Waals surface area contributed by atoms with Gasteiger partial charge in [0.1, 0.15) is 0 Å². The van der Waals surface area contributed by atoms with Gasteiger partial charge in [0.25, 0.3) is 0 Å².